The van der Waals surface area contributed by atoms with Crippen LogP contribution < -0.4 is 4.74 Å². The maximum Gasteiger partial charge on any atom is 0.251 e. The molecule has 0 aliphatic rings. The van der Waals surface area contributed by atoms with E-state index < -0.39 is 12.5 Å². The zero-order valence-electron chi connectivity index (χ0n) is 11.5. The number of nitrogens with zero attached hydrogens (tertiary/aromatic N) is 1. The molecule has 108 valence electrons. The Morgan fingerprint density at radius 2 is 1.74 bits per heavy atom. The lowest BCUT2D eigenvalue weighted by Crippen LogP contribution is -2.29. The van der Waals surface area contributed by atoms with Gasteiger partial charge in [0.1, 0.15) is 5.75 Å². The number of benzene rings is 1. The number of hydrogen-bond donors (Lipinski definition) is 1. The first-order valence-corrected chi connectivity index (χ1v) is 6.30. The van der Waals surface area contributed by atoms with Crippen LogP contribution in [-0.2, 0) is 0 Å². The lowest BCUT2D eigenvalue weighted by molar-refractivity contribution is 0.0680. The first-order chi connectivity index (χ1) is 8.88. The highest BCUT2D eigenvalue weighted by Gasteiger charge is 2.14. The number of rotatable bonds is 7. The molecule has 19 heavy (non-hydrogen) atoms. The average Bonchev–Trinajstić information content (AvgIpc) is 2.27. The molecule has 1 aromatic carbocycles. The van der Waals surface area contributed by atoms with Crippen molar-refractivity contribution in [3.63, 3.8) is 0 Å². The highest BCUT2D eigenvalue weighted by atomic mass is 19.3. The number of ether oxygens (including phenoxy) is 1. The van der Waals surface area contributed by atoms with Gasteiger partial charge in [-0.3, -0.25) is 4.90 Å². The Labute approximate surface area is 112 Å². The van der Waals surface area contributed by atoms with Crippen LogP contribution in [0.15, 0.2) is 24.3 Å². The summed E-state index contributed by atoms with van der Waals surface area (Å²) in [7, 11) is 1.56. The van der Waals surface area contributed by atoms with Crippen LogP contribution in [0.1, 0.15) is 25.5 Å². The normalized spacial score (nSPS) is 13.3. The Hall–Kier alpha value is -1.20. The second-order valence-corrected chi connectivity index (χ2v) is 4.86. The summed E-state index contributed by atoms with van der Waals surface area (Å²) in [5.74, 6) is 0.729. The molecular formula is C14H21F2NO2. The van der Waals surface area contributed by atoms with Gasteiger partial charge in [0.25, 0.3) is 6.43 Å². The lowest BCUT2D eigenvalue weighted by Gasteiger charge is -2.20. The van der Waals surface area contributed by atoms with Gasteiger partial charge >= 0.3 is 0 Å². The van der Waals surface area contributed by atoms with Crippen LogP contribution in [0.25, 0.3) is 0 Å². The summed E-state index contributed by atoms with van der Waals surface area (Å²) in [5.41, 5.74) is 0.692. The summed E-state index contributed by atoms with van der Waals surface area (Å²) in [5, 5.41) is 9.95. The molecule has 0 bridgehead atoms. The van der Waals surface area contributed by atoms with Crippen molar-refractivity contribution in [2.24, 2.45) is 0 Å². The van der Waals surface area contributed by atoms with Crippen molar-refractivity contribution >= 4 is 0 Å². The number of likely N-dealkylation sites (N-methyl/N-ethyl adjacent to an activating group) is 1. The molecule has 0 spiro atoms. The van der Waals surface area contributed by atoms with E-state index in [0.717, 1.165) is 5.75 Å². The van der Waals surface area contributed by atoms with Crippen LogP contribution >= 0.6 is 0 Å². The van der Waals surface area contributed by atoms with E-state index in [-0.39, 0.29) is 19.2 Å². The van der Waals surface area contributed by atoms with E-state index in [4.69, 9.17) is 4.74 Å². The summed E-state index contributed by atoms with van der Waals surface area (Å²) >= 11 is 0. The molecule has 1 atom stereocenters. The van der Waals surface area contributed by atoms with Gasteiger partial charge < -0.3 is 9.84 Å². The maximum absolute atomic E-state index is 12.2. The van der Waals surface area contributed by atoms with Crippen molar-refractivity contribution in [1.82, 2.24) is 4.90 Å². The molecule has 0 amide bonds. The van der Waals surface area contributed by atoms with Crippen LogP contribution in [0.2, 0.25) is 0 Å². The van der Waals surface area contributed by atoms with Crippen molar-refractivity contribution in [3.8, 4) is 5.75 Å². The summed E-state index contributed by atoms with van der Waals surface area (Å²) in [6.45, 7) is 3.70. The second-order valence-electron chi connectivity index (χ2n) is 4.86. The van der Waals surface area contributed by atoms with Crippen molar-refractivity contribution in [3.05, 3.63) is 29.8 Å². The van der Waals surface area contributed by atoms with Crippen molar-refractivity contribution in [1.29, 1.82) is 0 Å². The third-order valence-corrected chi connectivity index (χ3v) is 2.57. The highest BCUT2D eigenvalue weighted by molar-refractivity contribution is 5.28. The SMILES string of the molecule is CC(C)Oc1ccc(C(O)CN(C)CC(F)F)cc1. The Morgan fingerprint density at radius 1 is 1.16 bits per heavy atom. The third kappa shape index (κ3) is 5.98. The lowest BCUT2D eigenvalue weighted by atomic mass is 10.1. The van der Waals surface area contributed by atoms with E-state index in [1.165, 1.54) is 4.90 Å². The number of hydrogen-bond acceptors (Lipinski definition) is 3. The highest BCUT2D eigenvalue weighted by Crippen LogP contribution is 2.19. The van der Waals surface area contributed by atoms with Crippen molar-refractivity contribution in [2.45, 2.75) is 32.5 Å². The second kappa shape index (κ2) is 7.40. The van der Waals surface area contributed by atoms with Gasteiger partial charge in [-0.05, 0) is 38.6 Å². The van der Waals surface area contributed by atoms with Gasteiger partial charge in [-0.15, -0.1) is 0 Å². The molecule has 1 aromatic rings. The van der Waals surface area contributed by atoms with Gasteiger partial charge in [-0.2, -0.15) is 0 Å². The molecule has 0 saturated heterocycles. The number of halogens is 2. The fourth-order valence-electron chi connectivity index (χ4n) is 1.75. The molecule has 5 heteroatoms. The van der Waals surface area contributed by atoms with Gasteiger partial charge in [0, 0.05) is 6.54 Å². The molecular weight excluding hydrogens is 252 g/mol. The monoisotopic (exact) mass is 273 g/mol. The molecule has 0 aliphatic carbocycles. The zero-order valence-corrected chi connectivity index (χ0v) is 11.5. The van der Waals surface area contributed by atoms with Crippen molar-refractivity contribution < 1.29 is 18.6 Å². The van der Waals surface area contributed by atoms with Crippen LogP contribution in [-0.4, -0.2) is 42.7 Å². The van der Waals surface area contributed by atoms with Gasteiger partial charge in [-0.1, -0.05) is 12.1 Å². The largest absolute Gasteiger partial charge is 0.491 e. The fraction of sp³-hybridized carbons (Fsp3) is 0.571. The minimum atomic E-state index is -2.39. The molecule has 3 nitrogen and oxygen atoms in total. The summed E-state index contributed by atoms with van der Waals surface area (Å²) in [6.07, 6.45) is -3.08. The first-order valence-electron chi connectivity index (χ1n) is 6.30. The zero-order chi connectivity index (χ0) is 14.4. The van der Waals surface area contributed by atoms with Crippen LogP contribution in [0, 0.1) is 0 Å². The van der Waals surface area contributed by atoms with Crippen molar-refractivity contribution in [2.75, 3.05) is 20.1 Å². The number of aliphatic hydroxyl groups excluding tert-OH is 1. The Bertz CT molecular complexity index is 368. The molecule has 1 unspecified atom stereocenters. The van der Waals surface area contributed by atoms with E-state index in [1.807, 2.05) is 13.8 Å². The Morgan fingerprint density at radius 3 is 2.21 bits per heavy atom. The van der Waals surface area contributed by atoms with E-state index in [9.17, 15) is 13.9 Å². The number of alkyl halides is 2. The first kappa shape index (κ1) is 15.9. The van der Waals surface area contributed by atoms with Gasteiger partial charge in [0.05, 0.1) is 18.8 Å². The predicted molar refractivity (Wildman–Crippen MR) is 70.7 cm³/mol. The molecule has 1 rings (SSSR count). The van der Waals surface area contributed by atoms with Crippen LogP contribution in [0.4, 0.5) is 8.78 Å². The smallest absolute Gasteiger partial charge is 0.251 e. The molecule has 0 radical (unpaired) electrons. The van der Waals surface area contributed by atoms with Gasteiger partial charge in [-0.25, -0.2) is 8.78 Å². The Kier molecular flexibility index (Phi) is 6.18. The minimum Gasteiger partial charge on any atom is -0.491 e. The Balaban J connectivity index is 2.55. The quantitative estimate of drug-likeness (QED) is 0.829. The molecule has 0 heterocycles. The van der Waals surface area contributed by atoms with Gasteiger partial charge in [0.15, 0.2) is 0 Å². The molecule has 0 aromatic heterocycles. The summed E-state index contributed by atoms with van der Waals surface area (Å²) < 4.78 is 29.8. The van der Waals surface area contributed by atoms with Crippen LogP contribution in [0.5, 0.6) is 5.75 Å². The molecule has 1 N–H and O–H groups in total. The number of aliphatic hydroxyl groups is 1. The average molecular weight is 273 g/mol. The molecule has 0 aliphatic heterocycles. The standard InChI is InChI=1S/C14H21F2NO2/c1-10(2)19-12-6-4-11(5-7-12)13(18)8-17(3)9-14(15)16/h4-7,10,13-14,18H,8-9H2,1-3H3. The van der Waals surface area contributed by atoms with E-state index in [2.05, 4.69) is 0 Å². The minimum absolute atomic E-state index is 0.0907. The topological polar surface area (TPSA) is 32.7 Å². The molecule has 0 fully saturated rings. The van der Waals surface area contributed by atoms with E-state index in [1.54, 1.807) is 31.3 Å². The van der Waals surface area contributed by atoms with E-state index >= 15 is 0 Å². The van der Waals surface area contributed by atoms with Crippen LogP contribution in [0.3, 0.4) is 0 Å². The van der Waals surface area contributed by atoms with E-state index in [0.29, 0.717) is 5.56 Å². The third-order valence-electron chi connectivity index (χ3n) is 2.57. The summed E-state index contributed by atoms with van der Waals surface area (Å²) in [4.78, 5) is 1.41. The van der Waals surface area contributed by atoms with Gasteiger partial charge in [0.2, 0.25) is 0 Å². The maximum atomic E-state index is 12.2. The molecule has 0 saturated carbocycles. The fourth-order valence-corrected chi connectivity index (χ4v) is 1.75. The summed E-state index contributed by atoms with van der Waals surface area (Å²) in [6, 6.07) is 7.04. The predicted octanol–water partition coefficient (Wildman–Crippen LogP) is 2.70.